The highest BCUT2D eigenvalue weighted by Crippen LogP contribution is 2.36. The van der Waals surface area contributed by atoms with Crippen molar-refractivity contribution < 1.29 is 9.53 Å². The maximum absolute atomic E-state index is 13.2. The number of halogens is 1. The molecule has 2 fully saturated rings. The molecule has 1 saturated carbocycles. The van der Waals surface area contributed by atoms with E-state index in [1.807, 2.05) is 24.3 Å². The molecule has 1 aliphatic heterocycles. The molecule has 1 aromatic rings. The van der Waals surface area contributed by atoms with Crippen LogP contribution in [0.25, 0.3) is 0 Å². The summed E-state index contributed by atoms with van der Waals surface area (Å²) < 4.78 is 5.52. The minimum atomic E-state index is -0.469. The van der Waals surface area contributed by atoms with Crippen molar-refractivity contribution in [3.63, 3.8) is 0 Å². The highest BCUT2D eigenvalue weighted by atomic mass is 35.5. The van der Waals surface area contributed by atoms with Crippen LogP contribution in [0.15, 0.2) is 24.3 Å². The van der Waals surface area contributed by atoms with E-state index in [2.05, 4.69) is 12.2 Å². The van der Waals surface area contributed by atoms with Crippen LogP contribution in [0.1, 0.15) is 51.0 Å². The number of benzene rings is 1. The molecule has 3 nitrogen and oxygen atoms in total. The molecule has 23 heavy (non-hydrogen) atoms. The molecule has 1 aliphatic carbocycles. The summed E-state index contributed by atoms with van der Waals surface area (Å²) in [6.07, 6.45) is 6.17. The van der Waals surface area contributed by atoms with Crippen LogP contribution in [0.3, 0.4) is 0 Å². The predicted octanol–water partition coefficient (Wildman–Crippen LogP) is 4.08. The van der Waals surface area contributed by atoms with Crippen molar-refractivity contribution in [1.29, 1.82) is 0 Å². The van der Waals surface area contributed by atoms with Crippen LogP contribution in [0, 0.1) is 5.92 Å². The van der Waals surface area contributed by atoms with Crippen molar-refractivity contribution in [2.24, 2.45) is 5.92 Å². The van der Waals surface area contributed by atoms with Crippen molar-refractivity contribution >= 4 is 17.5 Å². The number of nitrogens with one attached hydrogen (secondary N) is 1. The zero-order valence-corrected chi connectivity index (χ0v) is 14.6. The lowest BCUT2D eigenvalue weighted by Crippen LogP contribution is -2.51. The van der Waals surface area contributed by atoms with E-state index in [4.69, 9.17) is 16.3 Å². The molecule has 4 heteroatoms. The monoisotopic (exact) mass is 335 g/mol. The van der Waals surface area contributed by atoms with E-state index in [0.717, 1.165) is 31.2 Å². The number of carbonyl (C=O) groups excluding carboxylic acids is 1. The van der Waals surface area contributed by atoms with Gasteiger partial charge in [-0.25, -0.2) is 0 Å². The Hall–Kier alpha value is -1.06. The van der Waals surface area contributed by atoms with E-state index in [9.17, 15) is 4.79 Å². The van der Waals surface area contributed by atoms with Crippen LogP contribution in [-0.4, -0.2) is 25.2 Å². The second-order valence-electron chi connectivity index (χ2n) is 7.14. The summed E-state index contributed by atoms with van der Waals surface area (Å²) in [6, 6.07) is 8.07. The van der Waals surface area contributed by atoms with Crippen LogP contribution >= 0.6 is 11.6 Å². The van der Waals surface area contributed by atoms with Gasteiger partial charge in [-0.2, -0.15) is 0 Å². The molecule has 2 aliphatic rings. The average molecular weight is 336 g/mol. The molecule has 0 radical (unpaired) electrons. The summed E-state index contributed by atoms with van der Waals surface area (Å²) in [7, 11) is 0. The van der Waals surface area contributed by atoms with Gasteiger partial charge < -0.3 is 10.1 Å². The number of hydrogen-bond donors (Lipinski definition) is 1. The minimum Gasteiger partial charge on any atom is -0.381 e. The maximum atomic E-state index is 13.2. The molecule has 126 valence electrons. The van der Waals surface area contributed by atoms with E-state index in [0.29, 0.717) is 30.2 Å². The Balaban J connectivity index is 1.80. The maximum Gasteiger partial charge on any atom is 0.231 e. The van der Waals surface area contributed by atoms with Gasteiger partial charge in [0.1, 0.15) is 0 Å². The first-order valence-corrected chi connectivity index (χ1v) is 9.13. The minimum absolute atomic E-state index is 0.169. The lowest BCUT2D eigenvalue weighted by atomic mass is 9.73. The Labute approximate surface area is 143 Å². The average Bonchev–Trinajstić information content (AvgIpc) is 2.56. The second-order valence-corrected chi connectivity index (χ2v) is 7.58. The molecule has 0 bridgehead atoms. The molecule has 0 aromatic heterocycles. The Bertz CT molecular complexity index is 537. The van der Waals surface area contributed by atoms with Crippen molar-refractivity contribution in [3.8, 4) is 0 Å². The first-order chi connectivity index (χ1) is 11.1. The lowest BCUT2D eigenvalue weighted by molar-refractivity contribution is -0.131. The molecule has 2 atom stereocenters. The Morgan fingerprint density at radius 3 is 2.57 bits per heavy atom. The molecule has 1 aromatic carbocycles. The topological polar surface area (TPSA) is 38.3 Å². The first kappa shape index (κ1) is 16.8. The number of rotatable bonds is 3. The van der Waals surface area contributed by atoms with Crippen LogP contribution < -0.4 is 5.32 Å². The van der Waals surface area contributed by atoms with Gasteiger partial charge in [-0.15, -0.1) is 0 Å². The first-order valence-electron chi connectivity index (χ1n) is 8.75. The number of ether oxygens (including phenoxy) is 1. The Morgan fingerprint density at radius 2 is 1.91 bits per heavy atom. The zero-order chi connectivity index (χ0) is 16.3. The van der Waals surface area contributed by atoms with Crippen LogP contribution in [0.4, 0.5) is 0 Å². The van der Waals surface area contributed by atoms with Gasteiger partial charge in [-0.3, -0.25) is 4.79 Å². The molecular weight excluding hydrogens is 310 g/mol. The lowest BCUT2D eigenvalue weighted by Gasteiger charge is -2.38. The van der Waals surface area contributed by atoms with Crippen LogP contribution in [0.5, 0.6) is 0 Å². The van der Waals surface area contributed by atoms with Crippen LogP contribution in [0.2, 0.25) is 5.02 Å². The molecule has 1 N–H and O–H groups in total. The van der Waals surface area contributed by atoms with Crippen molar-refractivity contribution in [1.82, 2.24) is 5.32 Å². The van der Waals surface area contributed by atoms with E-state index in [-0.39, 0.29) is 5.91 Å². The van der Waals surface area contributed by atoms with E-state index in [1.165, 1.54) is 12.8 Å². The number of carbonyl (C=O) groups is 1. The highest BCUT2D eigenvalue weighted by molar-refractivity contribution is 6.30. The van der Waals surface area contributed by atoms with Gasteiger partial charge in [-0.1, -0.05) is 43.5 Å². The van der Waals surface area contributed by atoms with Crippen molar-refractivity contribution in [3.05, 3.63) is 34.9 Å². The standard InChI is InChI=1S/C19H26ClNO2/c1-14-3-2-4-17(13-14)21-18(22)19(9-11-23-12-10-19)15-5-7-16(20)8-6-15/h5-8,14,17H,2-4,9-13H2,1H3,(H,21,22). The number of amides is 1. The summed E-state index contributed by atoms with van der Waals surface area (Å²) in [5, 5.41) is 4.05. The Morgan fingerprint density at radius 1 is 1.22 bits per heavy atom. The summed E-state index contributed by atoms with van der Waals surface area (Å²) in [5.41, 5.74) is 0.593. The SMILES string of the molecule is CC1CCCC(NC(=O)C2(c3ccc(Cl)cc3)CCOCC2)C1. The third-order valence-corrected chi connectivity index (χ3v) is 5.70. The molecule has 1 amide bonds. The predicted molar refractivity (Wildman–Crippen MR) is 92.7 cm³/mol. The molecule has 1 saturated heterocycles. The number of hydrogen-bond acceptors (Lipinski definition) is 2. The fourth-order valence-electron chi connectivity index (χ4n) is 4.02. The third-order valence-electron chi connectivity index (χ3n) is 5.45. The molecule has 3 rings (SSSR count). The van der Waals surface area contributed by atoms with E-state index < -0.39 is 5.41 Å². The summed E-state index contributed by atoms with van der Waals surface area (Å²) in [5.74, 6) is 0.873. The molecular formula is C19H26ClNO2. The van der Waals surface area contributed by atoms with Gasteiger partial charge in [0.05, 0.1) is 5.41 Å². The van der Waals surface area contributed by atoms with Gasteiger partial charge in [0.25, 0.3) is 0 Å². The van der Waals surface area contributed by atoms with Gasteiger partial charge in [0.2, 0.25) is 5.91 Å². The fourth-order valence-corrected chi connectivity index (χ4v) is 4.15. The van der Waals surface area contributed by atoms with E-state index >= 15 is 0 Å². The normalized spacial score (nSPS) is 27.4. The fraction of sp³-hybridized carbons (Fsp3) is 0.632. The molecule has 0 spiro atoms. The largest absolute Gasteiger partial charge is 0.381 e. The van der Waals surface area contributed by atoms with E-state index in [1.54, 1.807) is 0 Å². The highest BCUT2D eigenvalue weighted by Gasteiger charge is 2.42. The quantitative estimate of drug-likeness (QED) is 0.903. The molecule has 1 heterocycles. The van der Waals surface area contributed by atoms with Crippen molar-refractivity contribution in [2.45, 2.75) is 56.9 Å². The van der Waals surface area contributed by atoms with Gasteiger partial charge in [0.15, 0.2) is 0 Å². The Kier molecular flexibility index (Phi) is 5.27. The van der Waals surface area contributed by atoms with Crippen molar-refractivity contribution in [2.75, 3.05) is 13.2 Å². The second kappa shape index (κ2) is 7.23. The smallest absolute Gasteiger partial charge is 0.231 e. The summed E-state index contributed by atoms with van der Waals surface area (Å²) in [6.45, 7) is 3.55. The van der Waals surface area contributed by atoms with Gasteiger partial charge >= 0.3 is 0 Å². The van der Waals surface area contributed by atoms with Gasteiger partial charge in [-0.05, 0) is 49.3 Å². The van der Waals surface area contributed by atoms with Crippen LogP contribution in [-0.2, 0) is 14.9 Å². The van der Waals surface area contributed by atoms with Gasteiger partial charge in [0, 0.05) is 24.3 Å². The zero-order valence-electron chi connectivity index (χ0n) is 13.8. The summed E-state index contributed by atoms with van der Waals surface area (Å²) in [4.78, 5) is 13.2. The molecule has 2 unspecified atom stereocenters. The third kappa shape index (κ3) is 3.72. The summed E-state index contributed by atoms with van der Waals surface area (Å²) >= 11 is 6.02.